The first-order chi connectivity index (χ1) is 5.65. The number of aromatic nitrogens is 1. The zero-order valence-electron chi connectivity index (χ0n) is 6.17. The molecule has 64 valence electrons. The highest BCUT2D eigenvalue weighted by atomic mass is 79.9. The van der Waals surface area contributed by atoms with Gasteiger partial charge in [0.05, 0.1) is 12.7 Å². The number of hydrogen-bond donors (Lipinski definition) is 0. The molecule has 12 heavy (non-hydrogen) atoms. The molecule has 1 aromatic heterocycles. The number of ether oxygens (including phenoxy) is 1. The Hall–Kier alpha value is -0.420. The number of pyridine rings is 1. The molecule has 0 unspecified atom stereocenters. The van der Waals surface area contributed by atoms with Crippen molar-refractivity contribution in [1.82, 2.24) is 4.98 Å². The van der Waals surface area contributed by atoms with Crippen LogP contribution < -0.4 is 0 Å². The molecule has 0 amide bonds. The van der Waals surface area contributed by atoms with Gasteiger partial charge in [0.1, 0.15) is 4.60 Å². The van der Waals surface area contributed by atoms with Crippen LogP contribution in [0.3, 0.4) is 0 Å². The van der Waals surface area contributed by atoms with Gasteiger partial charge in [0.15, 0.2) is 0 Å². The maximum Gasteiger partial charge on any atom is 0.340 e. The fraction of sp³-hybridized carbons (Fsp3) is 0.143. The quantitative estimate of drug-likeness (QED) is 0.590. The van der Waals surface area contributed by atoms with Gasteiger partial charge in [-0.05, 0) is 37.9 Å². The van der Waals surface area contributed by atoms with Gasteiger partial charge in [-0.25, -0.2) is 9.78 Å². The Morgan fingerprint density at radius 2 is 2.25 bits per heavy atom. The molecule has 1 aromatic rings. The molecule has 0 aliphatic rings. The van der Waals surface area contributed by atoms with E-state index in [-0.39, 0.29) is 0 Å². The van der Waals surface area contributed by atoms with E-state index in [2.05, 4.69) is 41.6 Å². The number of hydrogen-bond acceptors (Lipinski definition) is 3. The molecule has 3 nitrogen and oxygen atoms in total. The van der Waals surface area contributed by atoms with E-state index >= 15 is 0 Å². The third-order valence-electron chi connectivity index (χ3n) is 1.23. The third kappa shape index (κ3) is 2.04. The number of rotatable bonds is 1. The zero-order valence-corrected chi connectivity index (χ0v) is 9.35. The number of methoxy groups -OCH3 is 1. The molecule has 0 aromatic carbocycles. The Morgan fingerprint density at radius 3 is 2.75 bits per heavy atom. The largest absolute Gasteiger partial charge is 0.465 e. The first-order valence-electron chi connectivity index (χ1n) is 3.04. The van der Waals surface area contributed by atoms with Gasteiger partial charge >= 0.3 is 5.97 Å². The number of esters is 1. The summed E-state index contributed by atoms with van der Waals surface area (Å²) in [6, 6.07) is 1.69. The lowest BCUT2D eigenvalue weighted by molar-refractivity contribution is 0.0599. The van der Waals surface area contributed by atoms with E-state index in [1.54, 1.807) is 6.07 Å². The minimum absolute atomic E-state index is 0.401. The van der Waals surface area contributed by atoms with Gasteiger partial charge in [-0.3, -0.25) is 0 Å². The Labute approximate surface area is 86.4 Å². The summed E-state index contributed by atoms with van der Waals surface area (Å²) in [4.78, 5) is 14.9. The second-order valence-electron chi connectivity index (χ2n) is 1.98. The molecule has 1 rings (SSSR count). The molecule has 0 bridgehead atoms. The number of nitrogens with zero attached hydrogens (tertiary/aromatic N) is 1. The third-order valence-corrected chi connectivity index (χ3v) is 2.32. The van der Waals surface area contributed by atoms with E-state index in [0.29, 0.717) is 14.6 Å². The molecule has 0 aliphatic heterocycles. The van der Waals surface area contributed by atoms with E-state index < -0.39 is 5.97 Å². The molecule has 1 heterocycles. The Bertz CT molecular complexity index is 314. The lowest BCUT2D eigenvalue weighted by atomic mass is 10.3. The molecule has 0 saturated carbocycles. The van der Waals surface area contributed by atoms with Crippen LogP contribution in [0.5, 0.6) is 0 Å². The predicted molar refractivity (Wildman–Crippen MR) is 51.0 cm³/mol. The fourth-order valence-electron chi connectivity index (χ4n) is 0.668. The first-order valence-corrected chi connectivity index (χ1v) is 4.63. The number of carbonyl (C=O) groups is 1. The molecule has 5 heteroatoms. The van der Waals surface area contributed by atoms with Gasteiger partial charge in [0, 0.05) is 10.7 Å². The molecule has 0 atom stereocenters. The van der Waals surface area contributed by atoms with Crippen LogP contribution >= 0.6 is 31.9 Å². The van der Waals surface area contributed by atoms with Crippen molar-refractivity contribution in [3.05, 3.63) is 26.9 Å². The maximum atomic E-state index is 11.0. The van der Waals surface area contributed by atoms with Crippen LogP contribution in [0.1, 0.15) is 10.4 Å². The summed E-state index contributed by atoms with van der Waals surface area (Å²) in [7, 11) is 1.33. The van der Waals surface area contributed by atoms with E-state index in [0.717, 1.165) is 0 Å². The van der Waals surface area contributed by atoms with Crippen LogP contribution in [0.2, 0.25) is 0 Å². The smallest absolute Gasteiger partial charge is 0.340 e. The number of halogens is 2. The number of carbonyl (C=O) groups excluding carboxylic acids is 1. The normalized spacial score (nSPS) is 9.58. The monoisotopic (exact) mass is 293 g/mol. The Kier molecular flexibility index (Phi) is 3.22. The van der Waals surface area contributed by atoms with Crippen LogP contribution in [-0.4, -0.2) is 18.1 Å². The van der Waals surface area contributed by atoms with Gasteiger partial charge in [0.2, 0.25) is 0 Å². The molecular weight excluding hydrogens is 290 g/mol. The van der Waals surface area contributed by atoms with Crippen LogP contribution in [-0.2, 0) is 4.74 Å². The van der Waals surface area contributed by atoms with Gasteiger partial charge < -0.3 is 4.74 Å². The Balaban J connectivity index is 3.09. The van der Waals surface area contributed by atoms with Gasteiger partial charge in [0.25, 0.3) is 0 Å². The second-order valence-corrected chi connectivity index (χ2v) is 3.65. The summed E-state index contributed by atoms with van der Waals surface area (Å²) in [6.45, 7) is 0. The van der Waals surface area contributed by atoms with Crippen molar-refractivity contribution < 1.29 is 9.53 Å². The molecule has 0 N–H and O–H groups in total. The predicted octanol–water partition coefficient (Wildman–Crippen LogP) is 2.39. The van der Waals surface area contributed by atoms with E-state index in [4.69, 9.17) is 0 Å². The van der Waals surface area contributed by atoms with E-state index in [9.17, 15) is 4.79 Å². The van der Waals surface area contributed by atoms with Crippen molar-refractivity contribution in [2.75, 3.05) is 7.11 Å². The molecule has 0 radical (unpaired) electrons. The lowest BCUT2D eigenvalue weighted by Gasteiger charge is -2.00. The zero-order chi connectivity index (χ0) is 9.14. The summed E-state index contributed by atoms with van der Waals surface area (Å²) in [5.41, 5.74) is 0.417. The topological polar surface area (TPSA) is 39.2 Å². The Morgan fingerprint density at radius 1 is 1.58 bits per heavy atom. The summed E-state index contributed by atoms with van der Waals surface area (Å²) in [6.07, 6.45) is 1.44. The van der Waals surface area contributed by atoms with Crippen LogP contribution in [0.15, 0.2) is 21.3 Å². The van der Waals surface area contributed by atoms with Gasteiger partial charge in [-0.1, -0.05) is 0 Å². The van der Waals surface area contributed by atoms with E-state index in [1.165, 1.54) is 13.3 Å². The van der Waals surface area contributed by atoms with Crippen molar-refractivity contribution in [2.45, 2.75) is 0 Å². The van der Waals surface area contributed by atoms with Crippen molar-refractivity contribution in [3.63, 3.8) is 0 Å². The first kappa shape index (κ1) is 9.67. The van der Waals surface area contributed by atoms with Crippen molar-refractivity contribution in [3.8, 4) is 0 Å². The second kappa shape index (κ2) is 4.00. The summed E-state index contributed by atoms with van der Waals surface area (Å²) in [5.74, 6) is -0.401. The lowest BCUT2D eigenvalue weighted by Crippen LogP contribution is -2.02. The van der Waals surface area contributed by atoms with Crippen LogP contribution in [0, 0.1) is 0 Å². The summed E-state index contributed by atoms with van der Waals surface area (Å²) < 4.78 is 5.86. The van der Waals surface area contributed by atoms with Gasteiger partial charge in [-0.2, -0.15) is 0 Å². The summed E-state index contributed by atoms with van der Waals surface area (Å²) in [5, 5.41) is 0. The van der Waals surface area contributed by atoms with Crippen LogP contribution in [0.4, 0.5) is 0 Å². The molecule has 0 saturated heterocycles. The van der Waals surface area contributed by atoms with Gasteiger partial charge in [-0.15, -0.1) is 0 Å². The van der Waals surface area contributed by atoms with Crippen LogP contribution in [0.25, 0.3) is 0 Å². The average Bonchev–Trinajstić information content (AvgIpc) is 2.03. The van der Waals surface area contributed by atoms with E-state index in [1.807, 2.05) is 0 Å². The molecule has 0 fully saturated rings. The minimum atomic E-state index is -0.401. The SMILES string of the molecule is COC(=O)c1cnc(Br)cc1Br. The highest BCUT2D eigenvalue weighted by Crippen LogP contribution is 2.19. The van der Waals surface area contributed by atoms with Crippen molar-refractivity contribution in [1.29, 1.82) is 0 Å². The average molecular weight is 295 g/mol. The molecule has 0 spiro atoms. The standard InChI is InChI=1S/C7H5Br2NO2/c1-12-7(11)4-3-10-6(9)2-5(4)8/h2-3H,1H3. The minimum Gasteiger partial charge on any atom is -0.465 e. The molecular formula is C7H5Br2NO2. The fourth-order valence-corrected chi connectivity index (χ4v) is 1.79. The highest BCUT2D eigenvalue weighted by Gasteiger charge is 2.10. The van der Waals surface area contributed by atoms with Crippen molar-refractivity contribution in [2.24, 2.45) is 0 Å². The molecule has 0 aliphatic carbocycles. The van der Waals surface area contributed by atoms with Crippen molar-refractivity contribution >= 4 is 37.8 Å². The highest BCUT2D eigenvalue weighted by molar-refractivity contribution is 9.11. The summed E-state index contributed by atoms with van der Waals surface area (Å²) >= 11 is 6.39. The maximum absolute atomic E-state index is 11.0.